The van der Waals surface area contributed by atoms with Crippen LogP contribution in [-0.4, -0.2) is 48.9 Å². The first-order valence-electron chi connectivity index (χ1n) is 9.25. The Balaban J connectivity index is 2.04. The zero-order valence-corrected chi connectivity index (χ0v) is 17.0. The van der Waals surface area contributed by atoms with E-state index in [1.54, 1.807) is 4.31 Å². The van der Waals surface area contributed by atoms with Crippen molar-refractivity contribution in [3.8, 4) is 0 Å². The molecule has 0 aromatic carbocycles. The molecule has 3 aliphatic rings. The molecule has 1 aliphatic heterocycles. The Kier molecular flexibility index (Phi) is 4.33. The summed E-state index contributed by atoms with van der Waals surface area (Å²) in [6, 6.07) is -0.239. The molecule has 1 saturated heterocycles. The van der Waals surface area contributed by atoms with Gasteiger partial charge in [0.25, 0.3) is 0 Å². The number of fused-ring (bicyclic) bond motifs is 3. The average Bonchev–Trinajstić information content (AvgIpc) is 2.96. The fourth-order valence-electron chi connectivity index (χ4n) is 5.80. The van der Waals surface area contributed by atoms with E-state index >= 15 is 0 Å². The van der Waals surface area contributed by atoms with Gasteiger partial charge in [-0.05, 0) is 51.9 Å². The maximum Gasteiger partial charge on any atom is 0.334 e. The molecule has 2 bridgehead atoms. The molecule has 1 heterocycles. The summed E-state index contributed by atoms with van der Waals surface area (Å²) in [4.78, 5) is 11.8. The molecule has 7 heteroatoms. The highest BCUT2D eigenvalue weighted by Crippen LogP contribution is 2.72. The molecule has 0 aromatic heterocycles. The lowest BCUT2D eigenvalue weighted by Crippen LogP contribution is -2.57. The maximum atomic E-state index is 13.4. The van der Waals surface area contributed by atoms with E-state index in [0.717, 1.165) is 6.42 Å². The lowest BCUT2D eigenvalue weighted by molar-refractivity contribution is -0.233. The topological polar surface area (TPSA) is 72.9 Å². The van der Waals surface area contributed by atoms with E-state index in [1.807, 2.05) is 27.7 Å². The molecule has 3 rings (SSSR count). The molecule has 25 heavy (non-hydrogen) atoms. The quantitative estimate of drug-likeness (QED) is 0.693. The van der Waals surface area contributed by atoms with Gasteiger partial charge in [0.2, 0.25) is 15.8 Å². The van der Waals surface area contributed by atoms with Crippen molar-refractivity contribution in [1.82, 2.24) is 4.31 Å². The molecular weight excluding hydrogens is 342 g/mol. The van der Waals surface area contributed by atoms with Crippen LogP contribution in [0.25, 0.3) is 0 Å². The van der Waals surface area contributed by atoms with Crippen molar-refractivity contribution >= 4 is 16.0 Å². The second kappa shape index (κ2) is 5.67. The van der Waals surface area contributed by atoms with Crippen LogP contribution >= 0.6 is 0 Å². The summed E-state index contributed by atoms with van der Waals surface area (Å²) in [5.74, 6) is -1.19. The predicted octanol–water partition coefficient (Wildman–Crippen LogP) is 2.53. The summed E-state index contributed by atoms with van der Waals surface area (Å²) < 4.78 is 39.9. The number of carbonyl (C=O) groups excluding carboxylic acids is 1. The molecule has 2 saturated carbocycles. The van der Waals surface area contributed by atoms with Crippen molar-refractivity contribution < 1.29 is 22.7 Å². The van der Waals surface area contributed by atoms with Gasteiger partial charge >= 0.3 is 5.97 Å². The Bertz CT molecular complexity index is 663. The third kappa shape index (κ3) is 2.49. The number of sulfonamides is 1. The number of hydrogen-bond acceptors (Lipinski definition) is 5. The smallest absolute Gasteiger partial charge is 0.334 e. The highest BCUT2D eigenvalue weighted by Gasteiger charge is 2.76. The van der Waals surface area contributed by atoms with Crippen LogP contribution < -0.4 is 0 Å². The molecule has 3 fully saturated rings. The third-order valence-electron chi connectivity index (χ3n) is 6.89. The minimum atomic E-state index is -3.54. The average molecular weight is 374 g/mol. The lowest BCUT2D eigenvalue weighted by atomic mass is 9.68. The summed E-state index contributed by atoms with van der Waals surface area (Å²) in [6.45, 7) is 11.7. The van der Waals surface area contributed by atoms with Gasteiger partial charge in [-0.3, -0.25) is 0 Å². The first-order valence-corrected chi connectivity index (χ1v) is 10.9. The maximum absolute atomic E-state index is 13.4. The van der Waals surface area contributed by atoms with Crippen molar-refractivity contribution in [2.45, 2.75) is 78.7 Å². The number of ether oxygens (including phenoxy) is 2. The number of nitrogens with zero attached hydrogens (tertiary/aromatic N) is 1. The molecule has 3 atom stereocenters. The van der Waals surface area contributed by atoms with Gasteiger partial charge in [-0.2, -0.15) is 4.31 Å². The number of carbonyl (C=O) groups is 1. The monoisotopic (exact) mass is 373 g/mol. The van der Waals surface area contributed by atoms with E-state index in [4.69, 9.17) is 9.47 Å². The van der Waals surface area contributed by atoms with Crippen molar-refractivity contribution in [3.63, 3.8) is 0 Å². The van der Waals surface area contributed by atoms with Crippen molar-refractivity contribution in [2.75, 3.05) is 12.4 Å². The third-order valence-corrected chi connectivity index (χ3v) is 9.23. The first-order chi connectivity index (χ1) is 11.4. The number of hydrogen-bond donors (Lipinski definition) is 0. The molecule has 0 radical (unpaired) electrons. The van der Waals surface area contributed by atoms with E-state index < -0.39 is 21.2 Å². The van der Waals surface area contributed by atoms with Crippen LogP contribution in [-0.2, 0) is 24.3 Å². The van der Waals surface area contributed by atoms with Gasteiger partial charge in [0.05, 0.1) is 11.2 Å². The molecule has 6 nitrogen and oxygen atoms in total. The van der Waals surface area contributed by atoms with Crippen LogP contribution in [0.2, 0.25) is 0 Å². The highest BCUT2D eigenvalue weighted by molar-refractivity contribution is 7.89. The zero-order chi connectivity index (χ0) is 18.8. The molecule has 0 aromatic rings. The molecular formula is C18H31NO5S. The Labute approximate surface area is 151 Å². The van der Waals surface area contributed by atoms with Crippen LogP contribution in [0, 0.1) is 16.7 Å². The van der Waals surface area contributed by atoms with Gasteiger partial charge in [0, 0.05) is 18.5 Å². The Morgan fingerprint density at radius 2 is 1.80 bits per heavy atom. The zero-order valence-electron chi connectivity index (χ0n) is 16.2. The van der Waals surface area contributed by atoms with Crippen molar-refractivity contribution in [3.05, 3.63) is 0 Å². The fraction of sp³-hybridized carbons (Fsp3) is 0.944. The van der Waals surface area contributed by atoms with E-state index in [-0.39, 0.29) is 35.8 Å². The van der Waals surface area contributed by atoms with Gasteiger partial charge in [-0.1, -0.05) is 13.8 Å². The second-order valence-electron chi connectivity index (χ2n) is 9.03. The van der Waals surface area contributed by atoms with Gasteiger partial charge < -0.3 is 9.47 Å². The Morgan fingerprint density at radius 3 is 2.24 bits per heavy atom. The molecule has 0 N–H and O–H groups in total. The molecule has 0 unspecified atom stereocenters. The number of esters is 1. The van der Waals surface area contributed by atoms with Gasteiger partial charge in [0.15, 0.2) is 0 Å². The highest BCUT2D eigenvalue weighted by atomic mass is 32.2. The SMILES string of the molecule is CC(C)N(C(C)C)S(=O)(=O)C[C@]12CC[C@H](C[C@]13OCC(=O)O3)C2(C)C. The minimum Gasteiger partial charge on any atom is -0.431 e. The summed E-state index contributed by atoms with van der Waals surface area (Å²) >= 11 is 0. The van der Waals surface area contributed by atoms with Gasteiger partial charge in [0.1, 0.15) is 6.61 Å². The van der Waals surface area contributed by atoms with E-state index in [2.05, 4.69) is 13.8 Å². The normalized spacial score (nSPS) is 37.0. The standard InChI is InChI=1S/C18H31NO5S/c1-12(2)19(13(3)4)25(21,22)11-17-8-7-14(16(17,5)6)9-18(17)23-10-15(20)24-18/h12-14H,7-11H2,1-6H3/t14-,17+,18-/m1/s1. The van der Waals surface area contributed by atoms with Crippen LogP contribution in [0.15, 0.2) is 0 Å². The number of rotatable bonds is 5. The Hall–Kier alpha value is -0.660. The van der Waals surface area contributed by atoms with E-state index in [1.165, 1.54) is 0 Å². The summed E-state index contributed by atoms with van der Waals surface area (Å²) in [6.07, 6.45) is 2.26. The van der Waals surface area contributed by atoms with Crippen LogP contribution in [0.4, 0.5) is 0 Å². The lowest BCUT2D eigenvalue weighted by Gasteiger charge is -2.47. The summed E-state index contributed by atoms with van der Waals surface area (Å²) in [7, 11) is -3.54. The van der Waals surface area contributed by atoms with Crippen LogP contribution in [0.3, 0.4) is 0 Å². The second-order valence-corrected chi connectivity index (χ2v) is 10.9. The van der Waals surface area contributed by atoms with E-state index in [0.29, 0.717) is 18.8 Å². The van der Waals surface area contributed by atoms with Gasteiger partial charge in [-0.15, -0.1) is 0 Å². The van der Waals surface area contributed by atoms with Crippen molar-refractivity contribution in [1.29, 1.82) is 0 Å². The van der Waals surface area contributed by atoms with Crippen LogP contribution in [0.1, 0.15) is 60.8 Å². The summed E-state index contributed by atoms with van der Waals surface area (Å²) in [5, 5.41) is 0. The molecule has 144 valence electrons. The van der Waals surface area contributed by atoms with E-state index in [9.17, 15) is 13.2 Å². The van der Waals surface area contributed by atoms with Crippen molar-refractivity contribution in [2.24, 2.45) is 16.7 Å². The van der Waals surface area contributed by atoms with Gasteiger partial charge in [-0.25, -0.2) is 13.2 Å². The summed E-state index contributed by atoms with van der Waals surface area (Å²) in [5.41, 5.74) is -0.956. The predicted molar refractivity (Wildman–Crippen MR) is 94.2 cm³/mol. The fourth-order valence-corrected chi connectivity index (χ4v) is 8.59. The molecule has 1 spiro atoms. The largest absolute Gasteiger partial charge is 0.431 e. The Morgan fingerprint density at radius 1 is 1.20 bits per heavy atom. The molecule has 2 aliphatic carbocycles. The van der Waals surface area contributed by atoms with Crippen LogP contribution in [0.5, 0.6) is 0 Å². The minimum absolute atomic E-state index is 0.0346. The first kappa shape index (κ1) is 19.1. The molecule has 0 amide bonds.